The predicted molar refractivity (Wildman–Crippen MR) is 101 cm³/mol. The van der Waals surface area contributed by atoms with Crippen molar-refractivity contribution in [2.24, 2.45) is 5.73 Å². The smallest absolute Gasteiger partial charge is 0.323 e. The number of nitrogen functional groups attached to an aromatic ring is 1. The van der Waals surface area contributed by atoms with Crippen molar-refractivity contribution in [2.75, 3.05) is 11.4 Å². The Hall–Kier alpha value is -3.67. The van der Waals surface area contributed by atoms with Crippen LogP contribution in [0.5, 0.6) is 0 Å². The molecule has 4 N–H and O–H groups in total. The molecule has 0 bridgehead atoms. The van der Waals surface area contributed by atoms with E-state index < -0.39 is 18.4 Å². The number of hydrogen-bond acceptors (Lipinski definition) is 3. The Bertz CT molecular complexity index is 1010. The number of carbonyl (C=O) groups excluding carboxylic acids is 1. The fourth-order valence-electron chi connectivity index (χ4n) is 2.82. The zero-order valence-electron chi connectivity index (χ0n) is 13.8. The number of carbonyl (C=O) groups is 2. The molecule has 0 atom stereocenters. The molecule has 130 valence electrons. The number of nitrogens with one attached hydrogen (secondary N) is 1. The van der Waals surface area contributed by atoms with E-state index in [0.717, 1.165) is 10.8 Å². The van der Waals surface area contributed by atoms with Crippen molar-refractivity contribution in [2.45, 2.75) is 0 Å². The van der Waals surface area contributed by atoms with E-state index >= 15 is 0 Å². The predicted octanol–water partition coefficient (Wildman–Crippen LogP) is 2.86. The topological polar surface area (TPSA) is 107 Å². The zero-order chi connectivity index (χ0) is 18.7. The molecule has 3 aromatic rings. The molecule has 1 amide bonds. The van der Waals surface area contributed by atoms with Crippen LogP contribution in [0.25, 0.3) is 10.8 Å². The van der Waals surface area contributed by atoms with Crippen molar-refractivity contribution < 1.29 is 14.7 Å². The van der Waals surface area contributed by atoms with Crippen LogP contribution in [-0.2, 0) is 4.79 Å². The summed E-state index contributed by atoms with van der Waals surface area (Å²) in [7, 11) is 0. The summed E-state index contributed by atoms with van der Waals surface area (Å²) in [4.78, 5) is 25.7. The number of aliphatic carboxylic acids is 1. The Balaban J connectivity index is 2.11. The monoisotopic (exact) mass is 347 g/mol. The van der Waals surface area contributed by atoms with Crippen molar-refractivity contribution >= 4 is 34.2 Å². The van der Waals surface area contributed by atoms with Gasteiger partial charge >= 0.3 is 5.97 Å². The van der Waals surface area contributed by atoms with Crippen LogP contribution in [0.2, 0.25) is 0 Å². The molecule has 0 spiro atoms. The average Bonchev–Trinajstić information content (AvgIpc) is 2.65. The minimum atomic E-state index is -1.12. The minimum absolute atomic E-state index is 0.158. The molecule has 26 heavy (non-hydrogen) atoms. The first-order valence-electron chi connectivity index (χ1n) is 7.93. The summed E-state index contributed by atoms with van der Waals surface area (Å²) in [5.41, 5.74) is 6.68. The van der Waals surface area contributed by atoms with Gasteiger partial charge in [-0.1, -0.05) is 48.5 Å². The van der Waals surface area contributed by atoms with Crippen LogP contribution in [0.3, 0.4) is 0 Å². The van der Waals surface area contributed by atoms with Gasteiger partial charge in [-0.15, -0.1) is 0 Å². The van der Waals surface area contributed by atoms with Crippen LogP contribution in [0.15, 0.2) is 66.7 Å². The molecule has 6 heteroatoms. The van der Waals surface area contributed by atoms with Crippen molar-refractivity contribution in [1.29, 1.82) is 5.41 Å². The normalized spacial score (nSPS) is 10.5. The first-order chi connectivity index (χ1) is 12.5. The number of nitrogens with zero attached hydrogens (tertiary/aromatic N) is 1. The minimum Gasteiger partial charge on any atom is -0.480 e. The maximum Gasteiger partial charge on any atom is 0.323 e. The van der Waals surface area contributed by atoms with Gasteiger partial charge in [-0.3, -0.25) is 19.9 Å². The average molecular weight is 347 g/mol. The standard InChI is InChI=1S/C20H17N3O3/c21-19(22)14-7-3-8-15(11-14)20(26)23(12-18(24)25)17-10-4-6-13-5-1-2-9-16(13)17/h1-11H,12H2,(H3,21,22)(H,24,25). The summed E-state index contributed by atoms with van der Waals surface area (Å²) in [5.74, 6) is -1.74. The van der Waals surface area contributed by atoms with Crippen LogP contribution in [0.4, 0.5) is 5.69 Å². The van der Waals surface area contributed by atoms with Crippen LogP contribution in [0, 0.1) is 5.41 Å². The number of hydrogen-bond donors (Lipinski definition) is 3. The summed E-state index contributed by atoms with van der Waals surface area (Å²) in [6.07, 6.45) is 0. The first kappa shape index (κ1) is 17.2. The molecule has 0 aliphatic carbocycles. The lowest BCUT2D eigenvalue weighted by molar-refractivity contribution is -0.135. The Morgan fingerprint density at radius 1 is 0.962 bits per heavy atom. The summed E-state index contributed by atoms with van der Waals surface area (Å²) >= 11 is 0. The van der Waals surface area contributed by atoms with Gasteiger partial charge < -0.3 is 10.8 Å². The fraction of sp³-hybridized carbons (Fsp3) is 0.0500. The van der Waals surface area contributed by atoms with Gasteiger partial charge in [0, 0.05) is 16.5 Å². The Morgan fingerprint density at radius 3 is 2.35 bits per heavy atom. The maximum absolute atomic E-state index is 13.1. The first-order valence-corrected chi connectivity index (χ1v) is 7.93. The van der Waals surface area contributed by atoms with Crippen molar-refractivity contribution in [3.63, 3.8) is 0 Å². The Kier molecular flexibility index (Phi) is 4.66. The van der Waals surface area contributed by atoms with Gasteiger partial charge in [0.05, 0.1) is 5.69 Å². The van der Waals surface area contributed by atoms with E-state index in [1.165, 1.54) is 11.0 Å². The van der Waals surface area contributed by atoms with Crippen LogP contribution >= 0.6 is 0 Å². The van der Waals surface area contributed by atoms with Crippen molar-refractivity contribution in [3.05, 3.63) is 77.9 Å². The molecule has 3 aromatic carbocycles. The highest BCUT2D eigenvalue weighted by Gasteiger charge is 2.22. The van der Waals surface area contributed by atoms with Crippen molar-refractivity contribution in [1.82, 2.24) is 0 Å². The highest BCUT2D eigenvalue weighted by molar-refractivity contribution is 6.13. The SMILES string of the molecule is N=C(N)c1cccc(C(=O)N(CC(=O)O)c2cccc3ccccc23)c1. The number of amidine groups is 1. The highest BCUT2D eigenvalue weighted by atomic mass is 16.4. The third-order valence-corrected chi connectivity index (χ3v) is 4.02. The van der Waals surface area contributed by atoms with Gasteiger partial charge in [-0.05, 0) is 23.6 Å². The second-order valence-corrected chi connectivity index (χ2v) is 5.78. The largest absolute Gasteiger partial charge is 0.480 e. The summed E-state index contributed by atoms with van der Waals surface area (Å²) in [5, 5.41) is 18.5. The van der Waals surface area contributed by atoms with E-state index in [1.54, 1.807) is 30.3 Å². The van der Waals surface area contributed by atoms with E-state index in [4.69, 9.17) is 11.1 Å². The third-order valence-electron chi connectivity index (χ3n) is 4.02. The molecule has 0 aliphatic heterocycles. The van der Waals surface area contributed by atoms with Gasteiger partial charge in [-0.25, -0.2) is 0 Å². The number of carboxylic acids is 1. The number of carboxylic acid groups (broad SMARTS) is 1. The van der Waals surface area contributed by atoms with E-state index in [-0.39, 0.29) is 11.4 Å². The molecule has 0 radical (unpaired) electrons. The van der Waals surface area contributed by atoms with Crippen LogP contribution < -0.4 is 10.6 Å². The molecule has 0 unspecified atom stereocenters. The molecule has 0 saturated carbocycles. The molecule has 0 heterocycles. The summed E-state index contributed by atoms with van der Waals surface area (Å²) in [6.45, 7) is -0.475. The van der Waals surface area contributed by atoms with Gasteiger partial charge in [0.15, 0.2) is 0 Å². The van der Waals surface area contributed by atoms with Crippen LogP contribution in [-0.4, -0.2) is 29.4 Å². The maximum atomic E-state index is 13.1. The highest BCUT2D eigenvalue weighted by Crippen LogP contribution is 2.28. The number of amides is 1. The van der Waals surface area contributed by atoms with Gasteiger partial charge in [0.25, 0.3) is 5.91 Å². The lowest BCUT2D eigenvalue weighted by Gasteiger charge is -2.23. The lowest BCUT2D eigenvalue weighted by Crippen LogP contribution is -2.36. The van der Waals surface area contributed by atoms with Gasteiger partial charge in [0.1, 0.15) is 12.4 Å². The second-order valence-electron chi connectivity index (χ2n) is 5.78. The van der Waals surface area contributed by atoms with Crippen molar-refractivity contribution in [3.8, 4) is 0 Å². The van der Waals surface area contributed by atoms with Gasteiger partial charge in [0.2, 0.25) is 0 Å². The Labute approximate surface area is 150 Å². The quantitative estimate of drug-likeness (QED) is 0.487. The number of benzene rings is 3. The Morgan fingerprint density at radius 2 is 1.62 bits per heavy atom. The number of rotatable bonds is 5. The zero-order valence-corrected chi connectivity index (χ0v) is 13.8. The number of fused-ring (bicyclic) bond motifs is 1. The molecule has 0 saturated heterocycles. The summed E-state index contributed by atoms with van der Waals surface area (Å²) in [6, 6.07) is 19.2. The molecule has 6 nitrogen and oxygen atoms in total. The molecular formula is C20H17N3O3. The third kappa shape index (κ3) is 3.39. The van der Waals surface area contributed by atoms with Crippen LogP contribution in [0.1, 0.15) is 15.9 Å². The van der Waals surface area contributed by atoms with E-state index in [9.17, 15) is 14.7 Å². The molecule has 0 fully saturated rings. The molecular weight excluding hydrogens is 330 g/mol. The molecule has 0 aliphatic rings. The second kappa shape index (κ2) is 7.06. The fourth-order valence-corrected chi connectivity index (χ4v) is 2.82. The summed E-state index contributed by atoms with van der Waals surface area (Å²) < 4.78 is 0. The van der Waals surface area contributed by atoms with E-state index in [0.29, 0.717) is 11.3 Å². The number of nitrogens with two attached hydrogens (primary N) is 1. The molecule has 3 rings (SSSR count). The van der Waals surface area contributed by atoms with Gasteiger partial charge in [-0.2, -0.15) is 0 Å². The van der Waals surface area contributed by atoms with E-state index in [2.05, 4.69) is 0 Å². The molecule has 0 aromatic heterocycles. The number of anilines is 1. The lowest BCUT2D eigenvalue weighted by atomic mass is 10.1. The van der Waals surface area contributed by atoms with E-state index in [1.807, 2.05) is 30.3 Å².